The van der Waals surface area contributed by atoms with Crippen LogP contribution in [0.4, 0.5) is 0 Å². The molecule has 4 rings (SSSR count). The molecular formula is C20H15Cl2N7O. The summed E-state index contributed by atoms with van der Waals surface area (Å²) in [4.78, 5) is 27.7. The van der Waals surface area contributed by atoms with E-state index >= 15 is 0 Å². The number of nitrogens with two attached hydrogens (primary N) is 1. The smallest absolute Gasteiger partial charge is 0.248 e. The van der Waals surface area contributed by atoms with Crippen LogP contribution < -0.4 is 5.73 Å². The number of pyridine rings is 1. The highest BCUT2D eigenvalue weighted by molar-refractivity contribution is 6.32. The molecule has 150 valence electrons. The molecule has 10 heteroatoms. The summed E-state index contributed by atoms with van der Waals surface area (Å²) < 4.78 is 1.62. The maximum atomic E-state index is 11.6. The fraction of sp³-hybridized carbons (Fsp3) is 0.100. The first-order chi connectivity index (χ1) is 14.5. The molecule has 3 heterocycles. The Morgan fingerprint density at radius 1 is 1.03 bits per heavy atom. The fourth-order valence-electron chi connectivity index (χ4n) is 2.92. The molecule has 3 aromatic heterocycles. The second-order valence-corrected chi connectivity index (χ2v) is 7.24. The van der Waals surface area contributed by atoms with E-state index in [1.54, 1.807) is 11.0 Å². The van der Waals surface area contributed by atoms with Gasteiger partial charge in [0.2, 0.25) is 11.7 Å². The van der Waals surface area contributed by atoms with Crippen molar-refractivity contribution in [3.05, 3.63) is 84.3 Å². The molecule has 2 N–H and O–H groups in total. The van der Waals surface area contributed by atoms with Gasteiger partial charge in [-0.15, -0.1) is 28.3 Å². The van der Waals surface area contributed by atoms with E-state index in [0.29, 0.717) is 22.9 Å². The molecule has 1 unspecified atom stereocenters. The molecule has 0 aliphatic carbocycles. The Labute approximate surface area is 181 Å². The van der Waals surface area contributed by atoms with E-state index < -0.39 is 10.8 Å². The summed E-state index contributed by atoms with van der Waals surface area (Å²) in [7, 11) is 0. The van der Waals surface area contributed by atoms with E-state index in [-0.39, 0.29) is 11.4 Å². The Morgan fingerprint density at radius 2 is 1.80 bits per heavy atom. The largest absolute Gasteiger partial charge is 0.366 e. The monoisotopic (exact) mass is 439 g/mol. The highest BCUT2D eigenvalue weighted by atomic mass is 35.5. The molecule has 4 aromatic rings. The molecule has 30 heavy (non-hydrogen) atoms. The minimum absolute atomic E-state index is 0.0884. The number of aromatic nitrogens is 6. The van der Waals surface area contributed by atoms with E-state index in [4.69, 9.17) is 28.9 Å². The topological polar surface area (TPSA) is 112 Å². The zero-order valence-corrected chi connectivity index (χ0v) is 17.0. The number of primary amides is 1. The van der Waals surface area contributed by atoms with Gasteiger partial charge in [0, 0.05) is 24.2 Å². The lowest BCUT2D eigenvalue weighted by molar-refractivity contribution is 0.1000. The number of hydrogen-bond donors (Lipinski definition) is 1. The molecule has 8 nitrogen and oxygen atoms in total. The minimum Gasteiger partial charge on any atom is -0.366 e. The average Bonchev–Trinajstić information content (AvgIpc) is 3.29. The van der Waals surface area contributed by atoms with Crippen LogP contribution in [0, 0.1) is 0 Å². The van der Waals surface area contributed by atoms with Gasteiger partial charge >= 0.3 is 0 Å². The Kier molecular flexibility index (Phi) is 5.43. The first-order valence-electron chi connectivity index (χ1n) is 8.83. The lowest BCUT2D eigenvalue weighted by Gasteiger charge is -2.24. The fourth-order valence-corrected chi connectivity index (χ4v) is 3.43. The third kappa shape index (κ3) is 3.62. The van der Waals surface area contributed by atoms with Crippen molar-refractivity contribution in [1.29, 1.82) is 0 Å². The van der Waals surface area contributed by atoms with Gasteiger partial charge in [-0.3, -0.25) is 14.8 Å². The van der Waals surface area contributed by atoms with Crippen molar-refractivity contribution in [3.8, 4) is 17.2 Å². The van der Waals surface area contributed by atoms with Crippen LogP contribution in [-0.2, 0) is 4.87 Å². The van der Waals surface area contributed by atoms with E-state index in [1.165, 1.54) is 30.7 Å². The molecule has 1 amide bonds. The van der Waals surface area contributed by atoms with Crippen LogP contribution in [0.2, 0.25) is 0 Å². The molecule has 0 radical (unpaired) electrons. The van der Waals surface area contributed by atoms with Crippen LogP contribution in [0.1, 0.15) is 21.7 Å². The number of alkyl halides is 2. The van der Waals surface area contributed by atoms with Gasteiger partial charge in [0.05, 0.1) is 23.0 Å². The molecule has 1 atom stereocenters. The highest BCUT2D eigenvalue weighted by Gasteiger charge is 2.38. The third-order valence-electron chi connectivity index (χ3n) is 4.43. The van der Waals surface area contributed by atoms with E-state index in [2.05, 4.69) is 25.0 Å². The van der Waals surface area contributed by atoms with Crippen LogP contribution in [-0.4, -0.2) is 41.5 Å². The molecule has 0 aliphatic rings. The number of carbonyl (C=O) groups excluding carboxylic acids is 1. The number of hydrogen-bond acceptors (Lipinski definition) is 6. The van der Waals surface area contributed by atoms with Crippen LogP contribution in [0.5, 0.6) is 0 Å². The normalized spacial score (nSPS) is 13.0. The quantitative estimate of drug-likeness (QED) is 0.462. The molecule has 0 saturated carbocycles. The maximum absolute atomic E-state index is 11.6. The van der Waals surface area contributed by atoms with Crippen LogP contribution >= 0.6 is 23.2 Å². The summed E-state index contributed by atoms with van der Waals surface area (Å²) in [5.74, 6) is -0.368. The zero-order chi connectivity index (χ0) is 21.1. The predicted molar refractivity (Wildman–Crippen MR) is 112 cm³/mol. The average molecular weight is 440 g/mol. The molecule has 0 aliphatic heterocycles. The van der Waals surface area contributed by atoms with Crippen LogP contribution in [0.25, 0.3) is 17.2 Å². The SMILES string of the molecule is NC(=O)c1ccnc(C(Cl)(CCl)c2nccnc2-c2ncn(-c3ccccc3)n2)c1. The second kappa shape index (κ2) is 8.17. The van der Waals surface area contributed by atoms with Gasteiger partial charge in [0.1, 0.15) is 16.9 Å². The Bertz CT molecular complexity index is 1200. The summed E-state index contributed by atoms with van der Waals surface area (Å²) >= 11 is 13.2. The van der Waals surface area contributed by atoms with Gasteiger partial charge < -0.3 is 5.73 Å². The van der Waals surface area contributed by atoms with Crippen molar-refractivity contribution in [2.75, 3.05) is 5.88 Å². The standard InChI is InChI=1S/C20H15Cl2N7O/c21-11-20(22,15-10-13(18(23)30)6-7-24-15)17-16(25-8-9-26-17)19-27-12-29(28-19)14-4-2-1-3-5-14/h1-10,12H,11H2,(H2,23,30). The number of rotatable bonds is 6. The van der Waals surface area contributed by atoms with Crippen molar-refractivity contribution in [2.45, 2.75) is 4.87 Å². The van der Waals surface area contributed by atoms with E-state index in [9.17, 15) is 4.79 Å². The molecule has 0 spiro atoms. The maximum Gasteiger partial charge on any atom is 0.248 e. The summed E-state index contributed by atoms with van der Waals surface area (Å²) in [6, 6.07) is 12.5. The Morgan fingerprint density at radius 3 is 2.53 bits per heavy atom. The highest BCUT2D eigenvalue weighted by Crippen LogP contribution is 2.39. The number of carbonyl (C=O) groups is 1. The summed E-state index contributed by atoms with van der Waals surface area (Å²) in [5.41, 5.74) is 7.48. The minimum atomic E-state index is -1.38. The second-order valence-electron chi connectivity index (χ2n) is 6.33. The van der Waals surface area contributed by atoms with Gasteiger partial charge in [-0.1, -0.05) is 18.2 Å². The van der Waals surface area contributed by atoms with Crippen molar-refractivity contribution in [3.63, 3.8) is 0 Å². The van der Waals surface area contributed by atoms with Gasteiger partial charge in [-0.25, -0.2) is 14.6 Å². The summed E-state index contributed by atoms with van der Waals surface area (Å²) in [6.45, 7) is 0. The van der Waals surface area contributed by atoms with Crippen molar-refractivity contribution >= 4 is 29.1 Å². The summed E-state index contributed by atoms with van der Waals surface area (Å²) in [5, 5.41) is 4.51. The molecule has 0 fully saturated rings. The van der Waals surface area contributed by atoms with Gasteiger partial charge in [-0.2, -0.15) is 0 Å². The number of para-hydroxylation sites is 1. The number of nitrogens with zero attached hydrogens (tertiary/aromatic N) is 6. The van der Waals surface area contributed by atoms with Gasteiger partial charge in [0.25, 0.3) is 0 Å². The van der Waals surface area contributed by atoms with Gasteiger partial charge in [0.15, 0.2) is 0 Å². The first-order valence-corrected chi connectivity index (χ1v) is 9.74. The van der Waals surface area contributed by atoms with Crippen LogP contribution in [0.3, 0.4) is 0 Å². The van der Waals surface area contributed by atoms with Crippen LogP contribution in [0.15, 0.2) is 67.4 Å². The predicted octanol–water partition coefficient (Wildman–Crippen LogP) is 2.94. The number of amides is 1. The van der Waals surface area contributed by atoms with Gasteiger partial charge in [-0.05, 0) is 24.3 Å². The van der Waals surface area contributed by atoms with Crippen molar-refractivity contribution in [2.24, 2.45) is 5.73 Å². The molecular weight excluding hydrogens is 425 g/mol. The lowest BCUT2D eigenvalue weighted by Crippen LogP contribution is -2.28. The summed E-state index contributed by atoms with van der Waals surface area (Å²) in [6.07, 6.45) is 6.03. The van der Waals surface area contributed by atoms with Crippen molar-refractivity contribution < 1.29 is 4.79 Å². The molecule has 0 saturated heterocycles. The van der Waals surface area contributed by atoms with E-state index in [0.717, 1.165) is 5.69 Å². The Hall–Kier alpha value is -3.36. The third-order valence-corrected chi connectivity index (χ3v) is 5.48. The van der Waals surface area contributed by atoms with E-state index in [1.807, 2.05) is 30.3 Å². The molecule has 1 aromatic carbocycles. The first kappa shape index (κ1) is 19.9. The van der Waals surface area contributed by atoms with Crippen molar-refractivity contribution in [1.82, 2.24) is 29.7 Å². The lowest BCUT2D eigenvalue weighted by atomic mass is 9.97. The zero-order valence-electron chi connectivity index (χ0n) is 15.5. The Balaban J connectivity index is 1.82. The molecule has 0 bridgehead atoms. The number of benzene rings is 1. The number of halogens is 2.